The molecule has 0 bridgehead atoms. The van der Waals surface area contributed by atoms with Crippen LogP contribution in [-0.2, 0) is 11.2 Å². The topological polar surface area (TPSA) is 78.5 Å². The van der Waals surface area contributed by atoms with E-state index >= 15 is 0 Å². The summed E-state index contributed by atoms with van der Waals surface area (Å²) in [6, 6.07) is 1.49. The third-order valence-electron chi connectivity index (χ3n) is 4.32. The Morgan fingerprint density at radius 2 is 2.23 bits per heavy atom. The zero-order valence-electron chi connectivity index (χ0n) is 12.7. The fraction of sp³-hybridized carbons (Fsp3) is 0.533. The Hall–Kier alpha value is -1.89. The molecule has 0 aromatic carbocycles. The Morgan fingerprint density at radius 1 is 1.45 bits per heavy atom. The van der Waals surface area contributed by atoms with Crippen molar-refractivity contribution in [2.24, 2.45) is 0 Å². The van der Waals surface area contributed by atoms with Crippen molar-refractivity contribution in [3.63, 3.8) is 0 Å². The van der Waals surface area contributed by atoms with E-state index in [1.54, 1.807) is 4.90 Å². The number of imide groups is 1. The zero-order chi connectivity index (χ0) is 15.9. The summed E-state index contributed by atoms with van der Waals surface area (Å²) in [5, 5.41) is 4.92. The summed E-state index contributed by atoms with van der Waals surface area (Å²) in [5.41, 5.74) is 0.280. The number of hydrogen-bond donors (Lipinski definition) is 2. The Bertz CT molecular complexity index is 654. The second-order valence-corrected chi connectivity index (χ2v) is 7.17. The lowest BCUT2D eigenvalue weighted by molar-refractivity contribution is -0.123. The van der Waals surface area contributed by atoms with Crippen LogP contribution in [0.3, 0.4) is 0 Å². The zero-order valence-corrected chi connectivity index (χ0v) is 13.5. The number of carbonyl (C=O) groups excluding carboxylic acids is 3. The summed E-state index contributed by atoms with van der Waals surface area (Å²) in [5.74, 6) is -0.386. The first kappa shape index (κ1) is 15.0. The van der Waals surface area contributed by atoms with Gasteiger partial charge in [0.15, 0.2) is 0 Å². The van der Waals surface area contributed by atoms with Crippen molar-refractivity contribution >= 4 is 29.2 Å². The van der Waals surface area contributed by atoms with Gasteiger partial charge < -0.3 is 10.2 Å². The van der Waals surface area contributed by atoms with Gasteiger partial charge in [-0.15, -0.1) is 11.3 Å². The van der Waals surface area contributed by atoms with Gasteiger partial charge in [-0.25, -0.2) is 4.79 Å². The number of likely N-dealkylation sites (tertiary alicyclic amines) is 1. The quantitative estimate of drug-likeness (QED) is 0.827. The molecule has 2 saturated heterocycles. The number of amides is 4. The minimum absolute atomic E-state index is 0.0544. The van der Waals surface area contributed by atoms with Gasteiger partial charge in [-0.2, -0.15) is 0 Å². The largest absolute Gasteiger partial charge is 0.335 e. The molecule has 3 rings (SSSR count). The van der Waals surface area contributed by atoms with E-state index in [0.717, 1.165) is 12.8 Å². The van der Waals surface area contributed by atoms with Crippen LogP contribution in [0.5, 0.6) is 0 Å². The number of nitrogens with zero attached hydrogens (tertiary/aromatic N) is 1. The molecule has 7 heteroatoms. The highest BCUT2D eigenvalue weighted by Gasteiger charge is 2.51. The minimum Gasteiger partial charge on any atom is -0.335 e. The highest BCUT2D eigenvalue weighted by molar-refractivity contribution is 7.14. The van der Waals surface area contributed by atoms with E-state index in [1.807, 2.05) is 13.0 Å². The van der Waals surface area contributed by atoms with Crippen LogP contribution in [0.2, 0.25) is 0 Å². The van der Waals surface area contributed by atoms with E-state index in [9.17, 15) is 14.4 Å². The molecule has 2 fully saturated rings. The smallest absolute Gasteiger partial charge is 0.322 e. The van der Waals surface area contributed by atoms with Crippen molar-refractivity contribution in [1.29, 1.82) is 0 Å². The Morgan fingerprint density at radius 3 is 2.86 bits per heavy atom. The summed E-state index contributed by atoms with van der Waals surface area (Å²) in [4.78, 5) is 39.4. The molecular weight excluding hydrogens is 302 g/mol. The molecule has 2 aliphatic rings. The van der Waals surface area contributed by atoms with Crippen LogP contribution in [0.4, 0.5) is 4.79 Å². The normalized spacial score (nSPS) is 24.0. The molecule has 2 N–H and O–H groups in total. The van der Waals surface area contributed by atoms with E-state index in [-0.39, 0.29) is 18.4 Å². The molecule has 1 spiro atoms. The molecule has 0 radical (unpaired) electrons. The first-order chi connectivity index (χ1) is 10.4. The lowest BCUT2D eigenvalue weighted by Crippen LogP contribution is -2.49. The third-order valence-corrected chi connectivity index (χ3v) is 5.40. The van der Waals surface area contributed by atoms with Crippen LogP contribution in [0.15, 0.2) is 6.07 Å². The molecular formula is C15H19N3O3S. The van der Waals surface area contributed by atoms with E-state index < -0.39 is 11.6 Å². The number of nitrogens with one attached hydrogen (secondary N) is 2. The van der Waals surface area contributed by atoms with Gasteiger partial charge in [0.2, 0.25) is 0 Å². The van der Waals surface area contributed by atoms with Crippen LogP contribution in [0.25, 0.3) is 0 Å². The fourth-order valence-corrected chi connectivity index (χ4v) is 4.14. The van der Waals surface area contributed by atoms with Crippen molar-refractivity contribution in [2.45, 2.75) is 38.6 Å². The summed E-state index contributed by atoms with van der Waals surface area (Å²) < 4.78 is 0. The average molecular weight is 321 g/mol. The van der Waals surface area contributed by atoms with E-state index in [4.69, 9.17) is 0 Å². The molecule has 4 amide bonds. The summed E-state index contributed by atoms with van der Waals surface area (Å²) in [6.45, 7) is 4.86. The predicted octanol–water partition coefficient (Wildman–Crippen LogP) is 1.43. The SMILES string of the molecule is CCCc1cc(C(=O)N2CCC3(C2)NC(=O)NC3=O)sc1C. The molecule has 1 atom stereocenters. The van der Waals surface area contributed by atoms with Crippen molar-refractivity contribution in [3.8, 4) is 0 Å². The first-order valence-electron chi connectivity index (χ1n) is 7.47. The monoisotopic (exact) mass is 321 g/mol. The highest BCUT2D eigenvalue weighted by Crippen LogP contribution is 2.29. The Labute approximate surface area is 132 Å². The van der Waals surface area contributed by atoms with Gasteiger partial charge in [0.05, 0.1) is 11.4 Å². The number of hydrogen-bond acceptors (Lipinski definition) is 4. The summed E-state index contributed by atoms with van der Waals surface area (Å²) in [7, 11) is 0. The van der Waals surface area contributed by atoms with Crippen LogP contribution in [0.1, 0.15) is 39.9 Å². The van der Waals surface area contributed by atoms with Crippen LogP contribution in [0, 0.1) is 6.92 Å². The van der Waals surface area contributed by atoms with Gasteiger partial charge in [-0.1, -0.05) is 13.3 Å². The molecule has 6 nitrogen and oxygen atoms in total. The van der Waals surface area contributed by atoms with Gasteiger partial charge in [0.25, 0.3) is 11.8 Å². The highest BCUT2D eigenvalue weighted by atomic mass is 32.1. The molecule has 0 saturated carbocycles. The average Bonchev–Trinajstić information content (AvgIpc) is 3.11. The van der Waals surface area contributed by atoms with E-state index in [0.29, 0.717) is 17.8 Å². The lowest BCUT2D eigenvalue weighted by atomic mass is 10.00. The standard InChI is InChI=1S/C15H19N3O3S/c1-3-4-10-7-11(22-9(10)2)12(19)18-6-5-15(8-18)13(20)16-14(21)17-15/h7H,3-6,8H2,1-2H3,(H2,16,17,20,21). The molecule has 1 aromatic heterocycles. The van der Waals surface area contributed by atoms with Gasteiger partial charge in [0, 0.05) is 11.4 Å². The summed E-state index contributed by atoms with van der Waals surface area (Å²) >= 11 is 1.50. The maximum Gasteiger partial charge on any atom is 0.322 e. The molecule has 0 aliphatic carbocycles. The minimum atomic E-state index is -0.939. The van der Waals surface area contributed by atoms with Gasteiger partial charge in [0.1, 0.15) is 5.54 Å². The fourth-order valence-electron chi connectivity index (χ4n) is 3.10. The number of aryl methyl sites for hydroxylation is 2. The Kier molecular flexibility index (Phi) is 3.68. The molecule has 22 heavy (non-hydrogen) atoms. The van der Waals surface area contributed by atoms with Gasteiger partial charge in [-0.05, 0) is 31.4 Å². The number of urea groups is 1. The van der Waals surface area contributed by atoms with Gasteiger partial charge >= 0.3 is 6.03 Å². The maximum absolute atomic E-state index is 12.6. The molecule has 118 valence electrons. The Balaban J connectivity index is 1.76. The van der Waals surface area contributed by atoms with Crippen molar-refractivity contribution in [2.75, 3.05) is 13.1 Å². The third kappa shape index (κ3) is 2.39. The number of carbonyl (C=O) groups is 3. The summed E-state index contributed by atoms with van der Waals surface area (Å²) in [6.07, 6.45) is 2.48. The predicted molar refractivity (Wildman–Crippen MR) is 83.0 cm³/mol. The molecule has 2 aliphatic heterocycles. The second kappa shape index (κ2) is 5.39. The van der Waals surface area contributed by atoms with Crippen LogP contribution >= 0.6 is 11.3 Å². The van der Waals surface area contributed by atoms with Gasteiger partial charge in [-0.3, -0.25) is 14.9 Å². The van der Waals surface area contributed by atoms with E-state index in [2.05, 4.69) is 17.6 Å². The molecule has 1 aromatic rings. The maximum atomic E-state index is 12.6. The number of rotatable bonds is 3. The van der Waals surface area contributed by atoms with E-state index in [1.165, 1.54) is 21.8 Å². The van der Waals surface area contributed by atoms with Crippen LogP contribution < -0.4 is 10.6 Å². The van der Waals surface area contributed by atoms with Crippen LogP contribution in [-0.4, -0.2) is 41.4 Å². The second-order valence-electron chi connectivity index (χ2n) is 5.91. The molecule has 3 heterocycles. The molecule has 1 unspecified atom stereocenters. The number of thiophene rings is 1. The van der Waals surface area contributed by atoms with Crippen molar-refractivity contribution in [1.82, 2.24) is 15.5 Å². The first-order valence-corrected chi connectivity index (χ1v) is 8.29. The lowest BCUT2D eigenvalue weighted by Gasteiger charge is -2.20. The van der Waals surface area contributed by atoms with Crippen molar-refractivity contribution in [3.05, 3.63) is 21.4 Å². The van der Waals surface area contributed by atoms with Crippen molar-refractivity contribution < 1.29 is 14.4 Å².